The molecule has 1 N–H and O–H groups in total. The number of unbranched alkanes of at least 4 members (excludes halogenated alkanes) is 1. The minimum atomic E-state index is -4.02. The summed E-state index contributed by atoms with van der Waals surface area (Å²) in [5, 5.41) is 0. The van der Waals surface area contributed by atoms with Crippen molar-refractivity contribution in [3.05, 3.63) is 29.8 Å². The molecule has 0 spiro atoms. The molecule has 4 nitrogen and oxygen atoms in total. The van der Waals surface area contributed by atoms with Crippen LogP contribution >= 0.6 is 0 Å². The van der Waals surface area contributed by atoms with Crippen molar-refractivity contribution in [1.82, 2.24) is 4.90 Å². The Hall–Kier alpha value is -0.910. The largest absolute Gasteiger partial charge is 0.303 e. The maximum Gasteiger partial charge on any atom is 0.294 e. The van der Waals surface area contributed by atoms with E-state index < -0.39 is 10.1 Å². The Labute approximate surface area is 122 Å². The van der Waals surface area contributed by atoms with Crippen molar-refractivity contribution in [2.45, 2.75) is 44.4 Å². The van der Waals surface area contributed by atoms with Gasteiger partial charge in [0, 0.05) is 0 Å². The van der Waals surface area contributed by atoms with Crippen molar-refractivity contribution in [1.29, 1.82) is 0 Å². The number of nitrogens with zero attached hydrogens (tertiary/aromatic N) is 1. The van der Waals surface area contributed by atoms with E-state index in [0.717, 1.165) is 5.56 Å². The fourth-order valence-electron chi connectivity index (χ4n) is 2.10. The molecule has 0 amide bonds. The van der Waals surface area contributed by atoms with Gasteiger partial charge in [-0.05, 0) is 58.0 Å². The topological polar surface area (TPSA) is 57.6 Å². The standard InChI is InChI=1S/C8H17N.C7H8O3S/c1-2-3-6-9-7-4-5-8-9;1-6-2-4-7(5-3-6)11(8,9)10/h2-8H2,1H3;2-5H,1H3,(H,8,9,10). The van der Waals surface area contributed by atoms with Crippen LogP contribution in [0.3, 0.4) is 0 Å². The van der Waals surface area contributed by atoms with Gasteiger partial charge in [0.25, 0.3) is 10.1 Å². The molecule has 2 rings (SSSR count). The summed E-state index contributed by atoms with van der Waals surface area (Å²) in [6, 6.07) is 5.99. The molecule has 1 heterocycles. The van der Waals surface area contributed by atoms with E-state index >= 15 is 0 Å². The van der Waals surface area contributed by atoms with Crippen molar-refractivity contribution in [2.75, 3.05) is 19.6 Å². The highest BCUT2D eigenvalue weighted by Crippen LogP contribution is 2.08. The first kappa shape index (κ1) is 17.1. The third-order valence-corrected chi connectivity index (χ3v) is 4.21. The lowest BCUT2D eigenvalue weighted by molar-refractivity contribution is 0.332. The number of benzene rings is 1. The minimum absolute atomic E-state index is 0.0666. The van der Waals surface area contributed by atoms with Crippen molar-refractivity contribution in [3.63, 3.8) is 0 Å². The number of hydrogen-bond donors (Lipinski definition) is 1. The Morgan fingerprint density at radius 3 is 2.15 bits per heavy atom. The van der Waals surface area contributed by atoms with E-state index in [2.05, 4.69) is 11.8 Å². The molecule has 114 valence electrons. The van der Waals surface area contributed by atoms with Crippen LogP contribution in [0.15, 0.2) is 29.2 Å². The summed E-state index contributed by atoms with van der Waals surface area (Å²) in [5.74, 6) is 0. The molecule has 1 aliphatic heterocycles. The van der Waals surface area contributed by atoms with E-state index in [1.54, 1.807) is 12.1 Å². The summed E-state index contributed by atoms with van der Waals surface area (Å²) in [6.45, 7) is 8.17. The molecule has 0 saturated carbocycles. The predicted molar refractivity (Wildman–Crippen MR) is 81.6 cm³/mol. The first-order chi connectivity index (χ1) is 9.43. The smallest absolute Gasteiger partial charge is 0.294 e. The summed E-state index contributed by atoms with van der Waals surface area (Å²) in [6.07, 6.45) is 5.60. The zero-order chi connectivity index (χ0) is 15.0. The Balaban J connectivity index is 0.000000204. The second-order valence-corrected chi connectivity index (χ2v) is 6.61. The summed E-state index contributed by atoms with van der Waals surface area (Å²) < 4.78 is 29.6. The summed E-state index contributed by atoms with van der Waals surface area (Å²) >= 11 is 0. The molecule has 5 heteroatoms. The fraction of sp³-hybridized carbons (Fsp3) is 0.600. The SMILES string of the molecule is CCCCN1CCCC1.Cc1ccc(S(=O)(=O)O)cc1. The summed E-state index contributed by atoms with van der Waals surface area (Å²) in [4.78, 5) is 2.51. The lowest BCUT2D eigenvalue weighted by atomic mass is 10.2. The molecular formula is C15H25NO3S. The normalized spacial score (nSPS) is 15.8. The maximum atomic E-state index is 10.5. The highest BCUT2D eigenvalue weighted by atomic mass is 32.2. The molecule has 0 radical (unpaired) electrons. The van der Waals surface area contributed by atoms with Gasteiger partial charge in [-0.2, -0.15) is 8.42 Å². The van der Waals surface area contributed by atoms with Gasteiger partial charge >= 0.3 is 0 Å². The highest BCUT2D eigenvalue weighted by Gasteiger charge is 2.09. The number of rotatable bonds is 4. The Bertz CT molecular complexity index is 476. The average molecular weight is 299 g/mol. The molecule has 20 heavy (non-hydrogen) atoms. The third kappa shape index (κ3) is 6.50. The van der Waals surface area contributed by atoms with Crippen LogP contribution in [0.25, 0.3) is 0 Å². The van der Waals surface area contributed by atoms with Crippen LogP contribution in [-0.4, -0.2) is 37.5 Å². The van der Waals surface area contributed by atoms with Gasteiger partial charge < -0.3 is 4.90 Å². The minimum Gasteiger partial charge on any atom is -0.303 e. The first-order valence-electron chi connectivity index (χ1n) is 7.20. The van der Waals surface area contributed by atoms with Crippen LogP contribution in [0.1, 0.15) is 38.2 Å². The van der Waals surface area contributed by atoms with E-state index in [1.165, 1.54) is 57.5 Å². The van der Waals surface area contributed by atoms with Crippen molar-refractivity contribution >= 4 is 10.1 Å². The van der Waals surface area contributed by atoms with E-state index in [-0.39, 0.29) is 4.90 Å². The quantitative estimate of drug-likeness (QED) is 0.868. The van der Waals surface area contributed by atoms with E-state index in [0.29, 0.717) is 0 Å². The average Bonchev–Trinajstić information content (AvgIpc) is 2.89. The molecule has 0 aromatic heterocycles. The van der Waals surface area contributed by atoms with Crippen LogP contribution in [0.4, 0.5) is 0 Å². The monoisotopic (exact) mass is 299 g/mol. The molecule has 1 aromatic carbocycles. The molecular weight excluding hydrogens is 274 g/mol. The van der Waals surface area contributed by atoms with Crippen LogP contribution in [-0.2, 0) is 10.1 Å². The van der Waals surface area contributed by atoms with Crippen molar-refractivity contribution < 1.29 is 13.0 Å². The lowest BCUT2D eigenvalue weighted by Crippen LogP contribution is -2.19. The number of aryl methyl sites for hydroxylation is 1. The molecule has 0 unspecified atom stereocenters. The molecule has 0 aliphatic carbocycles. The van der Waals surface area contributed by atoms with Gasteiger partial charge in [-0.3, -0.25) is 4.55 Å². The van der Waals surface area contributed by atoms with Gasteiger partial charge in [-0.15, -0.1) is 0 Å². The molecule has 1 aliphatic rings. The second-order valence-electron chi connectivity index (χ2n) is 5.19. The summed E-state index contributed by atoms with van der Waals surface area (Å²) in [5.41, 5.74) is 0.956. The van der Waals surface area contributed by atoms with Gasteiger partial charge in [0.05, 0.1) is 4.90 Å². The van der Waals surface area contributed by atoms with Crippen LogP contribution in [0.5, 0.6) is 0 Å². The first-order valence-corrected chi connectivity index (χ1v) is 8.64. The fourth-order valence-corrected chi connectivity index (χ4v) is 2.58. The van der Waals surface area contributed by atoms with Gasteiger partial charge in [-0.1, -0.05) is 31.0 Å². The molecule has 0 bridgehead atoms. The highest BCUT2D eigenvalue weighted by molar-refractivity contribution is 7.85. The van der Waals surface area contributed by atoms with Crippen molar-refractivity contribution in [2.24, 2.45) is 0 Å². The van der Waals surface area contributed by atoms with Crippen LogP contribution < -0.4 is 0 Å². The van der Waals surface area contributed by atoms with Gasteiger partial charge in [0.15, 0.2) is 0 Å². The molecule has 1 fully saturated rings. The van der Waals surface area contributed by atoms with Gasteiger partial charge in [-0.25, -0.2) is 0 Å². The van der Waals surface area contributed by atoms with Crippen LogP contribution in [0, 0.1) is 6.92 Å². The molecule has 0 atom stereocenters. The van der Waals surface area contributed by atoms with E-state index in [4.69, 9.17) is 4.55 Å². The van der Waals surface area contributed by atoms with Crippen LogP contribution in [0.2, 0.25) is 0 Å². The Morgan fingerprint density at radius 1 is 1.15 bits per heavy atom. The van der Waals surface area contributed by atoms with Gasteiger partial charge in [0.2, 0.25) is 0 Å². The second kappa shape index (κ2) is 8.39. The number of likely N-dealkylation sites (tertiary alicyclic amines) is 1. The zero-order valence-electron chi connectivity index (χ0n) is 12.4. The van der Waals surface area contributed by atoms with E-state index in [1.807, 2.05) is 6.92 Å². The van der Waals surface area contributed by atoms with Gasteiger partial charge in [0.1, 0.15) is 0 Å². The third-order valence-electron chi connectivity index (χ3n) is 3.35. The predicted octanol–water partition coefficient (Wildman–Crippen LogP) is 3.12. The lowest BCUT2D eigenvalue weighted by Gasteiger charge is -2.12. The Morgan fingerprint density at radius 2 is 1.70 bits per heavy atom. The zero-order valence-corrected chi connectivity index (χ0v) is 13.2. The van der Waals surface area contributed by atoms with Crippen molar-refractivity contribution in [3.8, 4) is 0 Å². The maximum absolute atomic E-state index is 10.5. The Kier molecular flexibility index (Phi) is 7.19. The summed E-state index contributed by atoms with van der Waals surface area (Å²) in [7, 11) is -4.02. The molecule has 1 saturated heterocycles. The van der Waals surface area contributed by atoms with E-state index in [9.17, 15) is 8.42 Å². The number of hydrogen-bond acceptors (Lipinski definition) is 3. The molecule has 1 aromatic rings.